The molecule has 6 nitrogen and oxygen atoms in total. The van der Waals surface area contributed by atoms with Crippen LogP contribution >= 0.6 is 0 Å². The summed E-state index contributed by atoms with van der Waals surface area (Å²) in [5.74, 6) is 7.67. The number of rotatable bonds is 3. The Hall–Kier alpha value is -1.40. The van der Waals surface area contributed by atoms with Crippen molar-refractivity contribution in [2.45, 2.75) is 32.7 Å². The number of hydrogen-bond acceptors (Lipinski definition) is 6. The number of nitrogens with zero attached hydrogens (tertiary/aromatic N) is 2. The summed E-state index contributed by atoms with van der Waals surface area (Å²) in [6, 6.07) is 0.419. The molecule has 1 aliphatic heterocycles. The predicted octanol–water partition coefficient (Wildman–Crippen LogP) is 0.970. The molecule has 0 saturated carbocycles. The molecular formula is C11H19N5O. The van der Waals surface area contributed by atoms with Crippen LogP contribution in [0.3, 0.4) is 0 Å². The van der Waals surface area contributed by atoms with Crippen molar-refractivity contribution < 1.29 is 4.74 Å². The molecule has 17 heavy (non-hydrogen) atoms. The number of nitrogen functional groups attached to an aromatic ring is 1. The highest BCUT2D eigenvalue weighted by atomic mass is 16.5. The van der Waals surface area contributed by atoms with Gasteiger partial charge in [-0.2, -0.15) is 0 Å². The van der Waals surface area contributed by atoms with Crippen molar-refractivity contribution in [2.24, 2.45) is 5.84 Å². The molecule has 0 spiro atoms. The maximum atomic E-state index is 5.43. The number of hydrazine groups is 1. The molecular weight excluding hydrogens is 218 g/mol. The zero-order valence-corrected chi connectivity index (χ0v) is 10.3. The Kier molecular flexibility index (Phi) is 3.75. The molecule has 1 aromatic rings. The van der Waals surface area contributed by atoms with Gasteiger partial charge in [-0.3, -0.25) is 0 Å². The SMILES string of the molecule is Cc1nc(NN)c(C)c(NC2CCOCC2)n1. The Labute approximate surface area is 101 Å². The summed E-state index contributed by atoms with van der Waals surface area (Å²) < 4.78 is 5.33. The number of nitrogens with two attached hydrogens (primary N) is 1. The Morgan fingerprint density at radius 3 is 2.47 bits per heavy atom. The standard InChI is InChI=1S/C11H19N5O/c1-7-10(13-8(2)14-11(7)16-12)15-9-3-5-17-6-4-9/h9H,3-6,12H2,1-2H3,(H2,13,14,15,16). The Balaban J connectivity index is 2.16. The van der Waals surface area contributed by atoms with Crippen LogP contribution in [0.2, 0.25) is 0 Å². The first kappa shape index (κ1) is 12.1. The van der Waals surface area contributed by atoms with E-state index in [1.54, 1.807) is 0 Å². The summed E-state index contributed by atoms with van der Waals surface area (Å²) in [5, 5.41) is 3.44. The number of ether oxygens (including phenoxy) is 1. The van der Waals surface area contributed by atoms with Gasteiger partial charge in [0.15, 0.2) is 0 Å². The monoisotopic (exact) mass is 237 g/mol. The second-order valence-corrected chi connectivity index (χ2v) is 4.27. The number of nitrogens with one attached hydrogen (secondary N) is 2. The van der Waals surface area contributed by atoms with Gasteiger partial charge in [0.1, 0.15) is 17.5 Å². The van der Waals surface area contributed by atoms with Crippen molar-refractivity contribution in [3.8, 4) is 0 Å². The van der Waals surface area contributed by atoms with Crippen LogP contribution in [0.5, 0.6) is 0 Å². The number of aromatic nitrogens is 2. The lowest BCUT2D eigenvalue weighted by molar-refractivity contribution is 0.0903. The van der Waals surface area contributed by atoms with E-state index in [9.17, 15) is 0 Å². The summed E-state index contributed by atoms with van der Waals surface area (Å²) in [7, 11) is 0. The number of anilines is 2. The van der Waals surface area contributed by atoms with E-state index < -0.39 is 0 Å². The first-order chi connectivity index (χ1) is 8.20. The van der Waals surface area contributed by atoms with Gasteiger partial charge in [-0.05, 0) is 26.7 Å². The minimum atomic E-state index is 0.419. The fraction of sp³-hybridized carbons (Fsp3) is 0.636. The van der Waals surface area contributed by atoms with Gasteiger partial charge in [-0.15, -0.1) is 0 Å². The summed E-state index contributed by atoms with van der Waals surface area (Å²) >= 11 is 0. The molecule has 0 aromatic carbocycles. The van der Waals surface area contributed by atoms with Gasteiger partial charge in [0.25, 0.3) is 0 Å². The van der Waals surface area contributed by atoms with Crippen LogP contribution in [0.1, 0.15) is 24.2 Å². The van der Waals surface area contributed by atoms with Gasteiger partial charge in [0.05, 0.1) is 0 Å². The summed E-state index contributed by atoms with van der Waals surface area (Å²) in [5.41, 5.74) is 3.55. The van der Waals surface area contributed by atoms with Gasteiger partial charge >= 0.3 is 0 Å². The Morgan fingerprint density at radius 1 is 1.18 bits per heavy atom. The molecule has 0 atom stereocenters. The van der Waals surface area contributed by atoms with E-state index in [4.69, 9.17) is 10.6 Å². The van der Waals surface area contributed by atoms with E-state index in [-0.39, 0.29) is 0 Å². The molecule has 1 saturated heterocycles. The van der Waals surface area contributed by atoms with Gasteiger partial charge in [0.2, 0.25) is 0 Å². The van der Waals surface area contributed by atoms with Crippen molar-refractivity contribution >= 4 is 11.6 Å². The molecule has 0 bridgehead atoms. The first-order valence-corrected chi connectivity index (χ1v) is 5.87. The fourth-order valence-corrected chi connectivity index (χ4v) is 1.94. The van der Waals surface area contributed by atoms with E-state index in [2.05, 4.69) is 20.7 Å². The molecule has 2 rings (SSSR count). The van der Waals surface area contributed by atoms with Crippen molar-refractivity contribution in [1.29, 1.82) is 0 Å². The van der Waals surface area contributed by atoms with Crippen LogP contribution in [0, 0.1) is 13.8 Å². The lowest BCUT2D eigenvalue weighted by Gasteiger charge is -2.24. The summed E-state index contributed by atoms with van der Waals surface area (Å²) in [6.07, 6.45) is 2.02. The maximum Gasteiger partial charge on any atom is 0.148 e. The molecule has 1 aromatic heterocycles. The maximum absolute atomic E-state index is 5.43. The molecule has 1 aliphatic rings. The highest BCUT2D eigenvalue weighted by Gasteiger charge is 2.16. The first-order valence-electron chi connectivity index (χ1n) is 5.87. The van der Waals surface area contributed by atoms with Crippen LogP contribution in [0.25, 0.3) is 0 Å². The van der Waals surface area contributed by atoms with E-state index in [0.29, 0.717) is 17.7 Å². The third kappa shape index (κ3) is 2.83. The molecule has 0 aliphatic carbocycles. The highest BCUT2D eigenvalue weighted by Crippen LogP contribution is 2.21. The normalized spacial score (nSPS) is 16.9. The lowest BCUT2D eigenvalue weighted by atomic mass is 10.1. The molecule has 94 valence electrons. The largest absolute Gasteiger partial charge is 0.381 e. The van der Waals surface area contributed by atoms with E-state index in [1.165, 1.54) is 0 Å². The zero-order valence-electron chi connectivity index (χ0n) is 10.3. The average molecular weight is 237 g/mol. The van der Waals surface area contributed by atoms with Crippen molar-refractivity contribution in [1.82, 2.24) is 9.97 Å². The molecule has 1 fully saturated rings. The number of hydrogen-bond donors (Lipinski definition) is 3. The molecule has 2 heterocycles. The molecule has 0 radical (unpaired) electrons. The Morgan fingerprint density at radius 2 is 1.82 bits per heavy atom. The van der Waals surface area contributed by atoms with Gasteiger partial charge in [-0.25, -0.2) is 15.8 Å². The second-order valence-electron chi connectivity index (χ2n) is 4.27. The van der Waals surface area contributed by atoms with Gasteiger partial charge < -0.3 is 15.5 Å². The number of aryl methyl sites for hydroxylation is 1. The fourth-order valence-electron chi connectivity index (χ4n) is 1.94. The summed E-state index contributed by atoms with van der Waals surface area (Å²) in [4.78, 5) is 8.65. The topological polar surface area (TPSA) is 85.1 Å². The quantitative estimate of drug-likeness (QED) is 0.536. The van der Waals surface area contributed by atoms with E-state index in [0.717, 1.165) is 37.4 Å². The third-order valence-corrected chi connectivity index (χ3v) is 2.96. The minimum Gasteiger partial charge on any atom is -0.381 e. The van der Waals surface area contributed by atoms with Crippen LogP contribution in [-0.4, -0.2) is 29.2 Å². The van der Waals surface area contributed by atoms with E-state index in [1.807, 2.05) is 13.8 Å². The second kappa shape index (κ2) is 5.29. The van der Waals surface area contributed by atoms with Crippen LogP contribution < -0.4 is 16.6 Å². The molecule has 4 N–H and O–H groups in total. The highest BCUT2D eigenvalue weighted by molar-refractivity contribution is 5.57. The van der Waals surface area contributed by atoms with Crippen molar-refractivity contribution in [3.63, 3.8) is 0 Å². The molecule has 6 heteroatoms. The van der Waals surface area contributed by atoms with Crippen molar-refractivity contribution in [2.75, 3.05) is 24.0 Å². The van der Waals surface area contributed by atoms with Gasteiger partial charge in [0, 0.05) is 24.8 Å². The predicted molar refractivity (Wildman–Crippen MR) is 66.8 cm³/mol. The average Bonchev–Trinajstić information content (AvgIpc) is 2.34. The lowest BCUT2D eigenvalue weighted by Crippen LogP contribution is -2.29. The Bertz CT molecular complexity index is 390. The van der Waals surface area contributed by atoms with Crippen LogP contribution in [-0.2, 0) is 4.74 Å². The smallest absolute Gasteiger partial charge is 0.148 e. The van der Waals surface area contributed by atoms with E-state index >= 15 is 0 Å². The molecule has 0 unspecified atom stereocenters. The van der Waals surface area contributed by atoms with Crippen molar-refractivity contribution in [3.05, 3.63) is 11.4 Å². The zero-order chi connectivity index (χ0) is 12.3. The molecule has 0 amide bonds. The van der Waals surface area contributed by atoms with Crippen LogP contribution in [0.4, 0.5) is 11.6 Å². The minimum absolute atomic E-state index is 0.419. The van der Waals surface area contributed by atoms with Gasteiger partial charge in [-0.1, -0.05) is 0 Å². The summed E-state index contributed by atoms with van der Waals surface area (Å²) in [6.45, 7) is 5.43. The van der Waals surface area contributed by atoms with Crippen LogP contribution in [0.15, 0.2) is 0 Å². The third-order valence-electron chi connectivity index (χ3n) is 2.96.